The Morgan fingerprint density at radius 1 is 1.24 bits per heavy atom. The van der Waals surface area contributed by atoms with E-state index in [9.17, 15) is 19.1 Å². The van der Waals surface area contributed by atoms with Gasteiger partial charge in [-0.05, 0) is 38.5 Å². The largest absolute Gasteiger partial charge is 0.503 e. The molecule has 1 aliphatic heterocycles. The Hall–Kier alpha value is -3.11. The van der Waals surface area contributed by atoms with Gasteiger partial charge in [-0.15, -0.1) is 10.2 Å². The van der Waals surface area contributed by atoms with Crippen LogP contribution in [0.4, 0.5) is 4.39 Å². The third-order valence-electron chi connectivity index (χ3n) is 6.11. The van der Waals surface area contributed by atoms with Crippen molar-refractivity contribution in [2.75, 3.05) is 20.2 Å². The van der Waals surface area contributed by atoms with E-state index >= 15 is 0 Å². The molecule has 0 aliphatic carbocycles. The molecule has 1 N–H and O–H groups in total. The van der Waals surface area contributed by atoms with E-state index in [1.165, 1.54) is 23.5 Å². The number of ether oxygens (including phenoxy) is 1. The summed E-state index contributed by atoms with van der Waals surface area (Å²) in [6, 6.07) is 5.74. The van der Waals surface area contributed by atoms with Crippen LogP contribution in [0.5, 0.6) is 5.75 Å². The van der Waals surface area contributed by atoms with Crippen molar-refractivity contribution in [3.8, 4) is 16.3 Å². The monoisotopic (exact) mass is 472 g/mol. The van der Waals surface area contributed by atoms with Crippen molar-refractivity contribution in [1.29, 1.82) is 0 Å². The van der Waals surface area contributed by atoms with E-state index in [1.807, 2.05) is 20.8 Å². The third kappa shape index (κ3) is 4.16. The van der Waals surface area contributed by atoms with Crippen molar-refractivity contribution in [2.24, 2.45) is 0 Å². The summed E-state index contributed by atoms with van der Waals surface area (Å²) >= 11 is 1.21. The lowest BCUT2D eigenvalue weighted by Crippen LogP contribution is -2.51. The zero-order chi connectivity index (χ0) is 23.9. The molecular weight excluding hydrogens is 447 g/mol. The molecule has 1 amide bonds. The Kier molecular flexibility index (Phi) is 6.06. The summed E-state index contributed by atoms with van der Waals surface area (Å²) in [5, 5.41) is 20.1. The van der Waals surface area contributed by atoms with Gasteiger partial charge in [-0.25, -0.2) is 4.39 Å². The molecule has 3 aromatic rings. The number of fused-ring (bicyclic) bond motifs is 1. The zero-order valence-electron chi connectivity index (χ0n) is 18.8. The second-order valence-corrected chi connectivity index (χ2v) is 9.51. The lowest BCUT2D eigenvalue weighted by Gasteiger charge is -2.43. The highest BCUT2D eigenvalue weighted by molar-refractivity contribution is 7.14. The van der Waals surface area contributed by atoms with Gasteiger partial charge in [-0.2, -0.15) is 0 Å². The van der Waals surface area contributed by atoms with Gasteiger partial charge in [0.05, 0.1) is 17.2 Å². The van der Waals surface area contributed by atoms with Gasteiger partial charge in [0.1, 0.15) is 10.8 Å². The maximum absolute atomic E-state index is 13.2. The maximum Gasteiger partial charge on any atom is 0.274 e. The Balaban J connectivity index is 1.79. The van der Waals surface area contributed by atoms with Crippen molar-refractivity contribution in [1.82, 2.24) is 19.7 Å². The van der Waals surface area contributed by atoms with Crippen LogP contribution in [0.3, 0.4) is 0 Å². The molecule has 0 fully saturated rings. The second-order valence-electron chi connectivity index (χ2n) is 8.45. The molecule has 0 spiro atoms. The number of aromatic hydroxyl groups is 1. The lowest BCUT2D eigenvalue weighted by molar-refractivity contribution is -0.0366. The van der Waals surface area contributed by atoms with Crippen molar-refractivity contribution in [2.45, 2.75) is 38.8 Å². The Morgan fingerprint density at radius 3 is 2.58 bits per heavy atom. The van der Waals surface area contributed by atoms with Crippen LogP contribution in [0.2, 0.25) is 0 Å². The van der Waals surface area contributed by atoms with Crippen LogP contribution in [-0.2, 0) is 11.2 Å². The molecule has 4 rings (SSSR count). The quantitative estimate of drug-likeness (QED) is 0.592. The summed E-state index contributed by atoms with van der Waals surface area (Å²) in [6.07, 6.45) is 2.00. The number of likely N-dealkylation sites (N-methyl/N-ethyl adjacent to an activating group) is 1. The van der Waals surface area contributed by atoms with Crippen LogP contribution in [0.25, 0.3) is 10.6 Å². The highest BCUT2D eigenvalue weighted by atomic mass is 32.1. The predicted molar refractivity (Wildman–Crippen MR) is 122 cm³/mol. The topological polar surface area (TPSA) is 97.6 Å². The summed E-state index contributed by atoms with van der Waals surface area (Å²) in [4.78, 5) is 27.6. The number of nitrogens with zero attached hydrogens (tertiary/aromatic N) is 4. The first-order chi connectivity index (χ1) is 15.7. The number of halogens is 1. The van der Waals surface area contributed by atoms with E-state index in [-0.39, 0.29) is 23.1 Å². The summed E-state index contributed by atoms with van der Waals surface area (Å²) in [5.41, 5.74) is -0.393. The number of carbonyl (C=O) groups excluding carboxylic acids is 1. The first kappa shape index (κ1) is 23.1. The normalized spacial score (nSPS) is 16.2. The molecule has 10 heteroatoms. The lowest BCUT2D eigenvalue weighted by atomic mass is 9.94. The SMILES string of the molecule is CCN1C[C@H](C(C)(C)OC)n2cc(-c3nnc(Cc4ccc(F)cc4)s3)c(=O)c(O)c2C1=O. The third-order valence-corrected chi connectivity index (χ3v) is 7.06. The van der Waals surface area contributed by atoms with Crippen LogP contribution < -0.4 is 5.43 Å². The molecule has 1 atom stereocenters. The van der Waals surface area contributed by atoms with E-state index in [2.05, 4.69) is 10.2 Å². The summed E-state index contributed by atoms with van der Waals surface area (Å²) < 4.78 is 20.5. The van der Waals surface area contributed by atoms with E-state index in [0.717, 1.165) is 5.56 Å². The number of pyridine rings is 1. The number of benzene rings is 1. The molecule has 2 aromatic heterocycles. The number of carbonyl (C=O) groups is 1. The molecule has 1 aromatic carbocycles. The highest BCUT2D eigenvalue weighted by Gasteiger charge is 2.41. The second kappa shape index (κ2) is 8.68. The van der Waals surface area contributed by atoms with Crippen LogP contribution in [0, 0.1) is 5.82 Å². The van der Waals surface area contributed by atoms with Crippen LogP contribution >= 0.6 is 11.3 Å². The van der Waals surface area contributed by atoms with E-state index < -0.39 is 22.7 Å². The van der Waals surface area contributed by atoms with Crippen LogP contribution in [0.15, 0.2) is 35.3 Å². The van der Waals surface area contributed by atoms with Crippen molar-refractivity contribution >= 4 is 17.2 Å². The molecule has 3 heterocycles. The molecular formula is C23H25FN4O4S. The smallest absolute Gasteiger partial charge is 0.274 e. The Labute approximate surface area is 194 Å². The fourth-order valence-electron chi connectivity index (χ4n) is 3.93. The van der Waals surface area contributed by atoms with Crippen LogP contribution in [0.1, 0.15) is 47.9 Å². The van der Waals surface area contributed by atoms with Crippen molar-refractivity contribution in [3.63, 3.8) is 0 Å². The minimum Gasteiger partial charge on any atom is -0.503 e. The molecule has 1 aliphatic rings. The van der Waals surface area contributed by atoms with Crippen molar-refractivity contribution < 1.29 is 19.0 Å². The fraction of sp³-hybridized carbons (Fsp3) is 0.391. The van der Waals surface area contributed by atoms with Gasteiger partial charge < -0.3 is 19.3 Å². The number of methoxy groups -OCH3 is 1. The number of amides is 1. The van der Waals surface area contributed by atoms with Crippen molar-refractivity contribution in [3.05, 3.63) is 62.8 Å². The standard InChI is InChI=1S/C23H25FN4O4S/c1-5-27-12-16(23(2,3)32-4)28-11-15(19(29)20(30)18(28)22(27)31)21-26-25-17(33-21)10-13-6-8-14(24)9-7-13/h6-9,11,16,30H,5,10,12H2,1-4H3/t16-/m1/s1. The first-order valence-electron chi connectivity index (χ1n) is 10.6. The number of rotatable bonds is 6. The van der Waals surface area contributed by atoms with Gasteiger partial charge >= 0.3 is 0 Å². The van der Waals surface area contributed by atoms with Gasteiger partial charge in [0.15, 0.2) is 16.5 Å². The van der Waals surface area contributed by atoms with Gasteiger partial charge in [0.25, 0.3) is 5.91 Å². The summed E-state index contributed by atoms with van der Waals surface area (Å²) in [5.74, 6) is -1.34. The molecule has 33 heavy (non-hydrogen) atoms. The minimum atomic E-state index is -0.684. The molecule has 0 radical (unpaired) electrons. The van der Waals surface area contributed by atoms with Gasteiger partial charge in [0.2, 0.25) is 5.43 Å². The highest BCUT2D eigenvalue weighted by Crippen LogP contribution is 2.36. The van der Waals surface area contributed by atoms with E-state index in [0.29, 0.717) is 29.5 Å². The van der Waals surface area contributed by atoms with E-state index in [4.69, 9.17) is 4.74 Å². The molecule has 174 valence electrons. The van der Waals surface area contributed by atoms with Gasteiger partial charge in [0, 0.05) is 32.8 Å². The molecule has 0 saturated heterocycles. The number of aromatic nitrogens is 3. The predicted octanol–water partition coefficient (Wildman–Crippen LogP) is 3.24. The van der Waals surface area contributed by atoms with E-state index in [1.54, 1.807) is 34.9 Å². The summed E-state index contributed by atoms with van der Waals surface area (Å²) in [7, 11) is 1.59. The van der Waals surface area contributed by atoms with Gasteiger partial charge in [-0.3, -0.25) is 9.59 Å². The van der Waals surface area contributed by atoms with Gasteiger partial charge in [-0.1, -0.05) is 23.5 Å². The average Bonchev–Trinajstić information content (AvgIpc) is 3.25. The number of hydrogen-bond acceptors (Lipinski definition) is 7. The van der Waals surface area contributed by atoms with Crippen LogP contribution in [-0.4, -0.2) is 56.5 Å². The Morgan fingerprint density at radius 2 is 1.94 bits per heavy atom. The Bertz CT molecular complexity index is 1250. The molecule has 0 saturated carbocycles. The number of hydrogen-bond donors (Lipinski definition) is 1. The fourth-order valence-corrected chi connectivity index (χ4v) is 4.81. The first-order valence-corrected chi connectivity index (χ1v) is 11.4. The molecule has 0 unspecified atom stereocenters. The summed E-state index contributed by atoms with van der Waals surface area (Å²) in [6.45, 7) is 6.44. The molecule has 8 nitrogen and oxygen atoms in total. The zero-order valence-corrected chi connectivity index (χ0v) is 19.6. The molecule has 0 bridgehead atoms. The minimum absolute atomic E-state index is 0.0528. The average molecular weight is 473 g/mol. The maximum atomic E-state index is 13.2.